The molecule has 0 bridgehead atoms. The molecule has 1 N–H and O–H groups in total. The van der Waals surface area contributed by atoms with Gasteiger partial charge in [0.05, 0.1) is 0 Å². The summed E-state index contributed by atoms with van der Waals surface area (Å²) in [5.74, 6) is 0.908. The number of hydrogen-bond donors (Lipinski definition) is 1. The van der Waals surface area contributed by atoms with Gasteiger partial charge in [0.15, 0.2) is 0 Å². The van der Waals surface area contributed by atoms with Crippen LogP contribution >= 0.6 is 11.8 Å². The van der Waals surface area contributed by atoms with Crippen LogP contribution in [-0.4, -0.2) is 32.0 Å². The van der Waals surface area contributed by atoms with Gasteiger partial charge in [-0.3, -0.25) is 0 Å². The quantitative estimate of drug-likeness (QED) is 0.662. The van der Waals surface area contributed by atoms with E-state index >= 15 is 0 Å². The summed E-state index contributed by atoms with van der Waals surface area (Å²) in [5, 5.41) is 7.63. The van der Waals surface area contributed by atoms with Gasteiger partial charge in [-0.15, -0.1) is 0 Å². The summed E-state index contributed by atoms with van der Waals surface area (Å²) in [6.45, 7) is 0. The third kappa shape index (κ3) is 2.63. The Bertz CT molecular complexity index is 401. The van der Waals surface area contributed by atoms with E-state index in [1.807, 2.05) is 18.2 Å². The van der Waals surface area contributed by atoms with Gasteiger partial charge in [0.2, 0.25) is 0 Å². The Morgan fingerprint density at radius 1 is 1.29 bits per heavy atom. The van der Waals surface area contributed by atoms with E-state index in [0.29, 0.717) is 0 Å². The monoisotopic (exact) mass is 265 g/mol. The van der Waals surface area contributed by atoms with Crippen LogP contribution in [0.2, 0.25) is 0 Å². The van der Waals surface area contributed by atoms with Crippen LogP contribution in [0.5, 0.6) is 0 Å². The summed E-state index contributed by atoms with van der Waals surface area (Å²) >= 11 is 3.97. The van der Waals surface area contributed by atoms with Gasteiger partial charge in [-0.25, -0.2) is 0 Å². The number of thioether (sulfide) groups is 1. The van der Waals surface area contributed by atoms with Crippen molar-refractivity contribution in [1.29, 1.82) is 0 Å². The van der Waals surface area contributed by atoms with E-state index in [4.69, 9.17) is 0 Å². The molecule has 14 heavy (non-hydrogen) atoms. The Hall–Kier alpha value is -0.732. The Balaban J connectivity index is 1.95. The summed E-state index contributed by atoms with van der Waals surface area (Å²) < 4.78 is 0.799. The molecular weight excluding hydrogens is 257 g/mol. The number of nitrogens with one attached hydrogen (secondary N) is 1. The van der Waals surface area contributed by atoms with Crippen molar-refractivity contribution < 1.29 is 0 Å². The molecule has 2 rings (SSSR count). The van der Waals surface area contributed by atoms with Crippen LogP contribution in [0.1, 0.15) is 5.56 Å². The second-order valence-corrected chi connectivity index (χ2v) is 4.55. The maximum absolute atomic E-state index is 4.19. The normalized spacial score (nSPS) is 10.4. The van der Waals surface area contributed by atoms with E-state index in [1.165, 1.54) is 5.56 Å². The molecule has 5 heteroatoms. The fourth-order valence-corrected chi connectivity index (χ4v) is 2.23. The molecule has 0 aliphatic heterocycles. The molecule has 0 saturated heterocycles. The van der Waals surface area contributed by atoms with Crippen LogP contribution in [0.25, 0.3) is 0 Å². The second kappa shape index (κ2) is 4.67. The Kier molecular flexibility index (Phi) is 3.27. The molecule has 2 radical (unpaired) electrons. The predicted molar refractivity (Wildman–Crippen MR) is 57.8 cm³/mol. The Morgan fingerprint density at radius 2 is 2.07 bits per heavy atom. The molecule has 3 nitrogen and oxygen atoms in total. The van der Waals surface area contributed by atoms with Gasteiger partial charge in [0.25, 0.3) is 0 Å². The van der Waals surface area contributed by atoms with Crippen LogP contribution in [0.3, 0.4) is 0 Å². The minimum absolute atomic E-state index is 0.796. The average Bonchev–Trinajstić information content (AvgIpc) is 2.63. The number of aromatic nitrogens is 3. The molecule has 1 heterocycles. The van der Waals surface area contributed by atoms with E-state index in [1.54, 1.807) is 11.8 Å². The molecule has 0 atom stereocenters. The number of benzene rings is 1. The first kappa shape index (κ1) is 9.81. The van der Waals surface area contributed by atoms with Crippen molar-refractivity contribution in [3.8, 4) is 0 Å². The fourth-order valence-electron chi connectivity index (χ4n) is 1.03. The molecular formula is C9H8AsN3S. The topological polar surface area (TPSA) is 41.6 Å². The molecule has 0 aliphatic rings. The molecule has 0 amide bonds. The third-order valence-corrected chi connectivity index (χ3v) is 3.00. The molecule has 0 fully saturated rings. The van der Waals surface area contributed by atoms with Crippen molar-refractivity contribution in [2.75, 3.05) is 0 Å². The van der Waals surface area contributed by atoms with Crippen LogP contribution in [0.15, 0.2) is 35.5 Å². The first-order valence-corrected chi connectivity index (χ1v) is 6.05. The van der Waals surface area contributed by atoms with E-state index in [9.17, 15) is 0 Å². The summed E-state index contributed by atoms with van der Waals surface area (Å²) in [5.41, 5.74) is 1.29. The van der Waals surface area contributed by atoms with Crippen molar-refractivity contribution in [3.63, 3.8) is 0 Å². The van der Waals surface area contributed by atoms with Crippen molar-refractivity contribution >= 4 is 33.2 Å². The molecule has 2 aromatic rings. The Labute approximate surface area is 95.2 Å². The van der Waals surface area contributed by atoms with E-state index in [0.717, 1.165) is 15.5 Å². The second-order valence-electron chi connectivity index (χ2n) is 2.72. The average molecular weight is 265 g/mol. The molecule has 0 aliphatic carbocycles. The maximum atomic E-state index is 4.19. The van der Waals surface area contributed by atoms with Gasteiger partial charge in [-0.1, -0.05) is 0 Å². The van der Waals surface area contributed by atoms with E-state index < -0.39 is 0 Å². The van der Waals surface area contributed by atoms with Crippen LogP contribution in [-0.2, 0) is 5.75 Å². The zero-order valence-corrected chi connectivity index (χ0v) is 10.0. The number of rotatable bonds is 3. The zero-order chi connectivity index (χ0) is 9.80. The van der Waals surface area contributed by atoms with Crippen molar-refractivity contribution in [1.82, 2.24) is 15.2 Å². The van der Waals surface area contributed by atoms with Crippen LogP contribution in [0, 0.1) is 0 Å². The van der Waals surface area contributed by atoms with Crippen molar-refractivity contribution in [2.24, 2.45) is 0 Å². The zero-order valence-electron chi connectivity index (χ0n) is 7.34. The molecule has 0 unspecified atom stereocenters. The summed E-state index contributed by atoms with van der Waals surface area (Å²) in [4.78, 5) is 4.19. The van der Waals surface area contributed by atoms with E-state index in [-0.39, 0.29) is 0 Å². The SMILES string of the molecule is [As]c1nc(SCc2ccccc2)n[nH]1. The minimum atomic E-state index is 0.796. The predicted octanol–water partition coefficient (Wildman–Crippen LogP) is 0.891. The van der Waals surface area contributed by atoms with Gasteiger partial charge in [0.1, 0.15) is 0 Å². The number of nitrogens with zero attached hydrogens (tertiary/aromatic N) is 2. The van der Waals surface area contributed by atoms with E-state index in [2.05, 4.69) is 44.2 Å². The molecule has 0 spiro atoms. The third-order valence-electron chi connectivity index (χ3n) is 1.66. The molecule has 1 aromatic carbocycles. The first-order chi connectivity index (χ1) is 6.84. The van der Waals surface area contributed by atoms with Crippen molar-refractivity contribution in [3.05, 3.63) is 35.9 Å². The van der Waals surface area contributed by atoms with Gasteiger partial charge < -0.3 is 0 Å². The molecule has 1 aromatic heterocycles. The number of aromatic amines is 1. The van der Waals surface area contributed by atoms with Gasteiger partial charge >= 0.3 is 95.2 Å². The molecule has 0 saturated carbocycles. The number of H-pyrrole nitrogens is 1. The number of hydrogen-bond acceptors (Lipinski definition) is 3. The summed E-state index contributed by atoms with van der Waals surface area (Å²) in [6.07, 6.45) is 0. The fraction of sp³-hybridized carbons (Fsp3) is 0.111. The standard InChI is InChI=1S/C9H8AsN3S/c10-8-11-9(13-12-8)14-6-7-4-2-1-3-5-7/h1-5H,6H2,(H,11,12,13). The van der Waals surface area contributed by atoms with Gasteiger partial charge in [0, 0.05) is 0 Å². The van der Waals surface area contributed by atoms with Crippen molar-refractivity contribution in [2.45, 2.75) is 10.9 Å². The van der Waals surface area contributed by atoms with Crippen LogP contribution in [0.4, 0.5) is 0 Å². The molecule has 70 valence electrons. The Morgan fingerprint density at radius 3 is 2.71 bits per heavy atom. The first-order valence-electron chi connectivity index (χ1n) is 4.13. The van der Waals surface area contributed by atoms with Crippen LogP contribution < -0.4 is 4.61 Å². The summed E-state index contributed by atoms with van der Waals surface area (Å²) in [6, 6.07) is 10.3. The summed E-state index contributed by atoms with van der Waals surface area (Å²) in [7, 11) is 0. The van der Waals surface area contributed by atoms with Gasteiger partial charge in [-0.05, 0) is 0 Å². The van der Waals surface area contributed by atoms with Gasteiger partial charge in [-0.2, -0.15) is 0 Å².